The molecule has 3 heteroatoms. The van der Waals surface area contributed by atoms with E-state index in [-0.39, 0.29) is 0 Å². The molecule has 0 aliphatic heterocycles. The number of methoxy groups -OCH3 is 1. The highest BCUT2D eigenvalue weighted by molar-refractivity contribution is 5.83. The lowest BCUT2D eigenvalue weighted by atomic mass is 9.72. The van der Waals surface area contributed by atoms with E-state index in [1.807, 2.05) is 24.3 Å². The van der Waals surface area contributed by atoms with Crippen LogP contribution in [0.15, 0.2) is 30.5 Å². The number of ether oxygens (including phenoxy) is 1. The van der Waals surface area contributed by atoms with Crippen molar-refractivity contribution < 1.29 is 9.84 Å². The molecule has 21 heavy (non-hydrogen) atoms. The number of hydrogen-bond donors (Lipinski definition) is 1. The Bertz CT molecular complexity index is 626. The van der Waals surface area contributed by atoms with Crippen LogP contribution in [0.25, 0.3) is 10.9 Å². The van der Waals surface area contributed by atoms with Crippen molar-refractivity contribution in [2.75, 3.05) is 7.11 Å². The third-order valence-electron chi connectivity index (χ3n) is 4.95. The first-order valence-corrected chi connectivity index (χ1v) is 7.79. The molecular weight excluding hydrogens is 262 g/mol. The van der Waals surface area contributed by atoms with Crippen molar-refractivity contribution in [1.29, 1.82) is 0 Å². The van der Waals surface area contributed by atoms with Crippen molar-refractivity contribution in [3.05, 3.63) is 36.0 Å². The molecule has 112 valence electrons. The van der Waals surface area contributed by atoms with Crippen LogP contribution in [0.1, 0.15) is 44.3 Å². The average Bonchev–Trinajstić information content (AvgIpc) is 2.52. The van der Waals surface area contributed by atoms with Gasteiger partial charge in [-0.3, -0.25) is 4.98 Å². The fraction of sp³-hybridized carbons (Fsp3) is 0.500. The average molecular weight is 285 g/mol. The highest BCUT2D eigenvalue weighted by atomic mass is 16.5. The molecule has 1 N–H and O–H groups in total. The van der Waals surface area contributed by atoms with Gasteiger partial charge in [-0.1, -0.05) is 13.3 Å². The fourth-order valence-electron chi connectivity index (χ4n) is 3.26. The lowest BCUT2D eigenvalue weighted by Gasteiger charge is -2.34. The van der Waals surface area contributed by atoms with Crippen LogP contribution in [-0.4, -0.2) is 17.2 Å². The number of rotatable bonds is 5. The van der Waals surface area contributed by atoms with Crippen molar-refractivity contribution in [3.8, 4) is 5.75 Å². The summed E-state index contributed by atoms with van der Waals surface area (Å²) in [7, 11) is 1.66. The second kappa shape index (κ2) is 6.02. The molecule has 0 saturated heterocycles. The molecule has 0 amide bonds. The number of aromatic nitrogens is 1. The predicted molar refractivity (Wildman–Crippen MR) is 84.4 cm³/mol. The van der Waals surface area contributed by atoms with Gasteiger partial charge in [0.15, 0.2) is 0 Å². The van der Waals surface area contributed by atoms with Crippen molar-refractivity contribution in [3.63, 3.8) is 0 Å². The zero-order chi connectivity index (χ0) is 14.8. The Morgan fingerprint density at radius 1 is 1.33 bits per heavy atom. The summed E-state index contributed by atoms with van der Waals surface area (Å²) in [6, 6.07) is 7.74. The molecule has 1 aliphatic carbocycles. The predicted octanol–water partition coefficient (Wildman–Crippen LogP) is 4.10. The number of hydrogen-bond acceptors (Lipinski definition) is 3. The van der Waals surface area contributed by atoms with Crippen LogP contribution in [-0.2, 0) is 0 Å². The van der Waals surface area contributed by atoms with E-state index < -0.39 is 6.10 Å². The number of benzene rings is 1. The summed E-state index contributed by atoms with van der Waals surface area (Å²) in [6.07, 6.45) is 5.95. The largest absolute Gasteiger partial charge is 0.497 e. The van der Waals surface area contributed by atoms with Crippen LogP contribution in [0.5, 0.6) is 5.75 Å². The molecule has 3 atom stereocenters. The fourth-order valence-corrected chi connectivity index (χ4v) is 3.26. The maximum atomic E-state index is 10.6. The van der Waals surface area contributed by atoms with Crippen molar-refractivity contribution >= 4 is 10.9 Å². The molecule has 3 rings (SSSR count). The molecule has 1 aromatic carbocycles. The van der Waals surface area contributed by atoms with Gasteiger partial charge in [0.25, 0.3) is 0 Å². The summed E-state index contributed by atoms with van der Waals surface area (Å²) in [5.74, 6) is 2.42. The lowest BCUT2D eigenvalue weighted by molar-refractivity contribution is 0.121. The minimum atomic E-state index is -0.421. The van der Waals surface area contributed by atoms with Crippen LogP contribution in [0.4, 0.5) is 0 Å². The van der Waals surface area contributed by atoms with Crippen LogP contribution >= 0.6 is 0 Å². The van der Waals surface area contributed by atoms with E-state index in [2.05, 4.69) is 11.9 Å². The van der Waals surface area contributed by atoms with Gasteiger partial charge in [0, 0.05) is 11.6 Å². The number of aliphatic hydroxyl groups excluding tert-OH is 1. The van der Waals surface area contributed by atoms with Crippen molar-refractivity contribution in [2.24, 2.45) is 11.8 Å². The lowest BCUT2D eigenvalue weighted by Crippen LogP contribution is -2.23. The quantitative estimate of drug-likeness (QED) is 0.899. The van der Waals surface area contributed by atoms with Gasteiger partial charge in [-0.05, 0) is 60.9 Å². The Labute approximate surface area is 126 Å². The van der Waals surface area contributed by atoms with Crippen LogP contribution in [0.3, 0.4) is 0 Å². The first kappa shape index (κ1) is 14.3. The maximum Gasteiger partial charge on any atom is 0.119 e. The van der Waals surface area contributed by atoms with Crippen molar-refractivity contribution in [1.82, 2.24) is 4.98 Å². The Kier molecular flexibility index (Phi) is 4.11. The van der Waals surface area contributed by atoms with Gasteiger partial charge in [-0.15, -0.1) is 0 Å². The normalized spacial score (nSPS) is 22.8. The van der Waals surface area contributed by atoms with Gasteiger partial charge in [0.2, 0.25) is 0 Å². The molecular formula is C18H23NO2. The van der Waals surface area contributed by atoms with E-state index in [0.29, 0.717) is 0 Å². The summed E-state index contributed by atoms with van der Waals surface area (Å²) in [4.78, 5) is 4.37. The highest BCUT2D eigenvalue weighted by Crippen LogP contribution is 2.39. The molecule has 1 saturated carbocycles. The van der Waals surface area contributed by atoms with Crippen LogP contribution < -0.4 is 4.74 Å². The Morgan fingerprint density at radius 2 is 2.19 bits per heavy atom. The molecule has 1 heterocycles. The van der Waals surface area contributed by atoms with E-state index in [0.717, 1.165) is 46.9 Å². The molecule has 2 aromatic rings. The minimum absolute atomic E-state index is 0.421. The topological polar surface area (TPSA) is 42.4 Å². The first-order chi connectivity index (χ1) is 10.2. The summed E-state index contributed by atoms with van der Waals surface area (Å²) >= 11 is 0. The second-order valence-corrected chi connectivity index (χ2v) is 6.19. The smallest absolute Gasteiger partial charge is 0.119 e. The maximum absolute atomic E-state index is 10.6. The zero-order valence-corrected chi connectivity index (χ0v) is 12.7. The Hall–Kier alpha value is -1.61. The summed E-state index contributed by atoms with van der Waals surface area (Å²) in [5.41, 5.74) is 1.87. The third-order valence-corrected chi connectivity index (χ3v) is 4.95. The number of pyridine rings is 1. The summed E-state index contributed by atoms with van der Waals surface area (Å²) in [6.45, 7) is 2.31. The summed E-state index contributed by atoms with van der Waals surface area (Å²) in [5, 5.41) is 11.6. The Balaban J connectivity index is 1.81. The van der Waals surface area contributed by atoms with Gasteiger partial charge >= 0.3 is 0 Å². The molecule has 1 aromatic heterocycles. The van der Waals surface area contributed by atoms with Gasteiger partial charge in [-0.25, -0.2) is 0 Å². The van der Waals surface area contributed by atoms with E-state index in [1.165, 1.54) is 12.8 Å². The van der Waals surface area contributed by atoms with Crippen LogP contribution in [0.2, 0.25) is 0 Å². The van der Waals surface area contributed by atoms with E-state index in [9.17, 15) is 5.11 Å². The summed E-state index contributed by atoms with van der Waals surface area (Å²) < 4.78 is 5.29. The molecule has 0 radical (unpaired) electrons. The molecule has 0 unspecified atom stereocenters. The standard InChI is InChI=1S/C18H23NO2/c1-12-3-4-13(12)5-8-18(20)15-9-10-19-17-7-6-14(21-2)11-16(15)17/h6-7,9-13,18,20H,3-5,8H2,1-2H3/t12-,13+,18+/m0/s1. The van der Waals surface area contributed by atoms with Gasteiger partial charge in [-0.2, -0.15) is 0 Å². The zero-order valence-electron chi connectivity index (χ0n) is 12.7. The molecule has 0 bridgehead atoms. The highest BCUT2D eigenvalue weighted by Gasteiger charge is 2.27. The minimum Gasteiger partial charge on any atom is -0.497 e. The molecule has 1 aliphatic rings. The monoisotopic (exact) mass is 285 g/mol. The van der Waals surface area contributed by atoms with E-state index in [4.69, 9.17) is 4.74 Å². The first-order valence-electron chi connectivity index (χ1n) is 7.79. The molecule has 1 fully saturated rings. The van der Waals surface area contributed by atoms with Gasteiger partial charge in [0.05, 0.1) is 18.7 Å². The third kappa shape index (κ3) is 2.88. The van der Waals surface area contributed by atoms with Crippen LogP contribution in [0, 0.1) is 11.8 Å². The van der Waals surface area contributed by atoms with Gasteiger partial charge in [0.1, 0.15) is 5.75 Å². The molecule has 0 spiro atoms. The Morgan fingerprint density at radius 3 is 2.86 bits per heavy atom. The SMILES string of the molecule is COc1ccc2nccc([C@H](O)CC[C@H]3CC[C@@H]3C)c2c1. The second-order valence-electron chi connectivity index (χ2n) is 6.19. The van der Waals surface area contributed by atoms with E-state index in [1.54, 1.807) is 13.3 Å². The number of fused-ring (bicyclic) bond motifs is 1. The molecule has 3 nitrogen and oxygen atoms in total. The van der Waals surface area contributed by atoms with E-state index >= 15 is 0 Å². The van der Waals surface area contributed by atoms with Gasteiger partial charge < -0.3 is 9.84 Å². The number of aliphatic hydroxyl groups is 1. The number of nitrogens with zero attached hydrogens (tertiary/aromatic N) is 1. The van der Waals surface area contributed by atoms with Crippen molar-refractivity contribution in [2.45, 2.75) is 38.7 Å².